The lowest BCUT2D eigenvalue weighted by Gasteiger charge is -2.25. The minimum absolute atomic E-state index is 0. The SMILES string of the molecule is CN=C(NCCOc1ccc(C)cc1)NCCS(=O)(=O)N1CCSCC1.I. The molecule has 1 aromatic carbocycles. The molecule has 0 spiro atoms. The van der Waals surface area contributed by atoms with Crippen LogP contribution in [0.15, 0.2) is 29.3 Å². The second-order valence-corrected chi connectivity index (χ2v) is 9.23. The first kappa shape index (κ1) is 24.3. The van der Waals surface area contributed by atoms with Crippen molar-refractivity contribution in [1.82, 2.24) is 14.9 Å². The number of guanidine groups is 1. The van der Waals surface area contributed by atoms with Gasteiger partial charge in [-0.25, -0.2) is 12.7 Å². The fraction of sp³-hybridized carbons (Fsp3) is 0.588. The number of aliphatic imine (C=N–C) groups is 1. The highest BCUT2D eigenvalue weighted by molar-refractivity contribution is 14.0. The maximum Gasteiger partial charge on any atom is 0.215 e. The molecule has 1 aliphatic rings. The Kier molecular flexibility index (Phi) is 11.4. The summed E-state index contributed by atoms with van der Waals surface area (Å²) >= 11 is 1.79. The summed E-state index contributed by atoms with van der Waals surface area (Å²) < 4.78 is 31.8. The molecule has 0 bridgehead atoms. The van der Waals surface area contributed by atoms with Gasteiger partial charge in [-0.1, -0.05) is 17.7 Å². The van der Waals surface area contributed by atoms with Crippen LogP contribution in [0.4, 0.5) is 0 Å². The average molecular weight is 528 g/mol. The van der Waals surface area contributed by atoms with Crippen molar-refractivity contribution in [2.24, 2.45) is 4.99 Å². The van der Waals surface area contributed by atoms with Gasteiger partial charge in [0.1, 0.15) is 12.4 Å². The average Bonchev–Trinajstić information content (AvgIpc) is 2.65. The quantitative estimate of drug-likeness (QED) is 0.231. The van der Waals surface area contributed by atoms with Crippen LogP contribution < -0.4 is 15.4 Å². The van der Waals surface area contributed by atoms with Gasteiger partial charge in [0, 0.05) is 38.2 Å². The van der Waals surface area contributed by atoms with Gasteiger partial charge in [-0.2, -0.15) is 11.8 Å². The summed E-state index contributed by atoms with van der Waals surface area (Å²) in [6.45, 7) is 4.64. The topological polar surface area (TPSA) is 83.0 Å². The number of thioether (sulfide) groups is 1. The summed E-state index contributed by atoms with van der Waals surface area (Å²) in [6, 6.07) is 7.88. The second-order valence-electron chi connectivity index (χ2n) is 5.91. The second kappa shape index (κ2) is 12.7. The summed E-state index contributed by atoms with van der Waals surface area (Å²) in [5.74, 6) is 3.21. The smallest absolute Gasteiger partial charge is 0.215 e. The summed E-state index contributed by atoms with van der Waals surface area (Å²) in [6.07, 6.45) is 0. The van der Waals surface area contributed by atoms with Crippen molar-refractivity contribution in [3.05, 3.63) is 29.8 Å². The monoisotopic (exact) mass is 528 g/mol. The Labute approximate surface area is 183 Å². The van der Waals surface area contributed by atoms with Crippen LogP contribution in [0, 0.1) is 6.92 Å². The number of halogens is 1. The normalized spacial score (nSPS) is 15.7. The van der Waals surface area contributed by atoms with Crippen LogP contribution in [0.25, 0.3) is 0 Å². The number of nitrogens with zero attached hydrogens (tertiary/aromatic N) is 2. The molecule has 0 aliphatic carbocycles. The van der Waals surface area contributed by atoms with Gasteiger partial charge in [0.25, 0.3) is 0 Å². The fourth-order valence-corrected chi connectivity index (χ4v) is 4.94. The van der Waals surface area contributed by atoms with Crippen LogP contribution in [0.1, 0.15) is 5.56 Å². The largest absolute Gasteiger partial charge is 0.492 e. The van der Waals surface area contributed by atoms with E-state index in [1.807, 2.05) is 31.2 Å². The molecule has 27 heavy (non-hydrogen) atoms. The van der Waals surface area contributed by atoms with Gasteiger partial charge in [0.05, 0.1) is 12.3 Å². The molecule has 2 N–H and O–H groups in total. The Bertz CT molecular complexity index is 678. The maximum atomic E-state index is 12.3. The van der Waals surface area contributed by atoms with Gasteiger partial charge in [0.2, 0.25) is 10.0 Å². The van der Waals surface area contributed by atoms with E-state index < -0.39 is 10.0 Å². The van der Waals surface area contributed by atoms with E-state index in [9.17, 15) is 8.42 Å². The van der Waals surface area contributed by atoms with Crippen molar-refractivity contribution in [3.8, 4) is 5.75 Å². The number of hydrogen-bond acceptors (Lipinski definition) is 5. The Balaban J connectivity index is 0.00000364. The number of ether oxygens (including phenoxy) is 1. The maximum absolute atomic E-state index is 12.3. The van der Waals surface area contributed by atoms with Gasteiger partial charge in [-0.05, 0) is 19.1 Å². The molecule has 10 heteroatoms. The molecule has 0 radical (unpaired) electrons. The van der Waals surface area contributed by atoms with Crippen molar-refractivity contribution in [2.45, 2.75) is 6.92 Å². The number of rotatable bonds is 8. The third-order valence-electron chi connectivity index (χ3n) is 3.92. The number of benzene rings is 1. The van der Waals surface area contributed by atoms with Crippen molar-refractivity contribution < 1.29 is 13.2 Å². The lowest BCUT2D eigenvalue weighted by molar-refractivity contribution is 0.322. The van der Waals surface area contributed by atoms with E-state index in [2.05, 4.69) is 15.6 Å². The van der Waals surface area contributed by atoms with Crippen LogP contribution >= 0.6 is 35.7 Å². The van der Waals surface area contributed by atoms with Gasteiger partial charge >= 0.3 is 0 Å². The van der Waals surface area contributed by atoms with Gasteiger partial charge < -0.3 is 15.4 Å². The molecule has 1 fully saturated rings. The van der Waals surface area contributed by atoms with E-state index in [4.69, 9.17) is 4.74 Å². The molecular weight excluding hydrogens is 499 g/mol. The predicted octanol–water partition coefficient (Wildman–Crippen LogP) is 1.54. The van der Waals surface area contributed by atoms with Crippen molar-refractivity contribution >= 4 is 51.7 Å². The first-order valence-corrected chi connectivity index (χ1v) is 11.5. The summed E-state index contributed by atoms with van der Waals surface area (Å²) in [5, 5.41) is 6.16. The molecule has 7 nitrogen and oxygen atoms in total. The number of nitrogens with one attached hydrogen (secondary N) is 2. The predicted molar refractivity (Wildman–Crippen MR) is 124 cm³/mol. The fourth-order valence-electron chi connectivity index (χ4n) is 2.45. The molecule has 0 amide bonds. The molecule has 1 saturated heterocycles. The first-order chi connectivity index (χ1) is 12.5. The first-order valence-electron chi connectivity index (χ1n) is 8.71. The van der Waals surface area contributed by atoms with E-state index in [0.717, 1.165) is 17.3 Å². The Morgan fingerprint density at radius 1 is 1.19 bits per heavy atom. The highest BCUT2D eigenvalue weighted by Crippen LogP contribution is 2.13. The van der Waals surface area contributed by atoms with Crippen LogP contribution in [0.5, 0.6) is 5.75 Å². The van der Waals surface area contributed by atoms with Crippen LogP contribution in [0.2, 0.25) is 0 Å². The zero-order valence-corrected chi connectivity index (χ0v) is 19.8. The van der Waals surface area contributed by atoms with Crippen LogP contribution in [-0.4, -0.2) is 75.8 Å². The minimum Gasteiger partial charge on any atom is -0.492 e. The van der Waals surface area contributed by atoms with E-state index in [1.54, 1.807) is 23.1 Å². The van der Waals surface area contributed by atoms with E-state index >= 15 is 0 Å². The molecule has 1 aliphatic heterocycles. The molecule has 154 valence electrons. The zero-order valence-electron chi connectivity index (χ0n) is 15.8. The zero-order chi connectivity index (χ0) is 18.8. The van der Waals surface area contributed by atoms with E-state index in [1.165, 1.54) is 5.56 Å². The van der Waals surface area contributed by atoms with Crippen LogP contribution in [-0.2, 0) is 10.0 Å². The van der Waals surface area contributed by atoms with Gasteiger partial charge in [-0.3, -0.25) is 4.99 Å². The molecule has 2 rings (SSSR count). The summed E-state index contributed by atoms with van der Waals surface area (Å²) in [5.41, 5.74) is 1.19. The third kappa shape index (κ3) is 8.88. The molecule has 1 aromatic rings. The van der Waals surface area contributed by atoms with E-state index in [0.29, 0.717) is 38.7 Å². The minimum atomic E-state index is -3.20. The molecule has 0 atom stereocenters. The molecule has 1 heterocycles. The van der Waals surface area contributed by atoms with E-state index in [-0.39, 0.29) is 29.7 Å². The lowest BCUT2D eigenvalue weighted by Crippen LogP contribution is -2.44. The Morgan fingerprint density at radius 3 is 2.44 bits per heavy atom. The molecule has 0 aromatic heterocycles. The third-order valence-corrected chi connectivity index (χ3v) is 6.74. The lowest BCUT2D eigenvalue weighted by atomic mass is 10.2. The van der Waals surface area contributed by atoms with Gasteiger partial charge in [-0.15, -0.1) is 24.0 Å². The Morgan fingerprint density at radius 2 is 1.81 bits per heavy atom. The number of aryl methyl sites for hydroxylation is 1. The van der Waals surface area contributed by atoms with Crippen molar-refractivity contribution in [3.63, 3.8) is 0 Å². The number of hydrogen-bond donors (Lipinski definition) is 2. The number of sulfonamides is 1. The van der Waals surface area contributed by atoms with Gasteiger partial charge in [0.15, 0.2) is 5.96 Å². The summed E-state index contributed by atoms with van der Waals surface area (Å²) in [7, 11) is -1.54. The standard InChI is InChI=1S/C17H28N4O3S2.HI/c1-15-3-5-16(6-4-15)24-11-7-19-17(18-2)20-8-14-26(22,23)21-9-12-25-13-10-21;/h3-6H,7-14H2,1-2H3,(H2,18,19,20);1H. The van der Waals surface area contributed by atoms with Crippen molar-refractivity contribution in [1.29, 1.82) is 0 Å². The molecule has 0 saturated carbocycles. The highest BCUT2D eigenvalue weighted by atomic mass is 127. The van der Waals surface area contributed by atoms with Crippen molar-refractivity contribution in [2.75, 3.05) is 57.1 Å². The highest BCUT2D eigenvalue weighted by Gasteiger charge is 2.23. The Hall–Kier alpha value is -0.720. The molecular formula is C17H29IN4O3S2. The summed E-state index contributed by atoms with van der Waals surface area (Å²) in [4.78, 5) is 4.10. The molecule has 0 unspecified atom stereocenters. The van der Waals surface area contributed by atoms with Crippen LogP contribution in [0.3, 0.4) is 0 Å².